The highest BCUT2D eigenvalue weighted by molar-refractivity contribution is 5.93. The van der Waals surface area contributed by atoms with Gasteiger partial charge in [-0.25, -0.2) is 9.97 Å². The highest BCUT2D eigenvalue weighted by Crippen LogP contribution is 2.23. The lowest BCUT2D eigenvalue weighted by molar-refractivity contribution is -0.118. The molecule has 0 spiro atoms. The van der Waals surface area contributed by atoms with Crippen molar-refractivity contribution in [3.8, 4) is 0 Å². The number of amides is 2. The summed E-state index contributed by atoms with van der Waals surface area (Å²) < 4.78 is 0. The van der Waals surface area contributed by atoms with Crippen molar-refractivity contribution in [1.29, 1.82) is 0 Å². The fraction of sp³-hybridized carbons (Fsp3) is 0.667. The van der Waals surface area contributed by atoms with Crippen LogP contribution in [0.3, 0.4) is 0 Å². The zero-order valence-corrected chi connectivity index (χ0v) is 15.1. The Bertz CT molecular complexity index is 628. The lowest BCUT2D eigenvalue weighted by Gasteiger charge is -2.35. The molecule has 2 saturated heterocycles. The molecule has 1 aromatic rings. The van der Waals surface area contributed by atoms with E-state index in [2.05, 4.69) is 21.8 Å². The maximum absolute atomic E-state index is 13.0. The second kappa shape index (κ2) is 7.80. The Morgan fingerprint density at radius 2 is 1.96 bits per heavy atom. The van der Waals surface area contributed by atoms with Crippen molar-refractivity contribution >= 4 is 18.1 Å². The maximum Gasteiger partial charge on any atom is 0.272 e. The zero-order chi connectivity index (χ0) is 17.8. The second-order valence-corrected chi connectivity index (χ2v) is 6.84. The Morgan fingerprint density at radius 1 is 1.20 bits per heavy atom. The fourth-order valence-corrected chi connectivity index (χ4v) is 3.72. The normalized spacial score (nSPS) is 21.4. The van der Waals surface area contributed by atoms with Gasteiger partial charge in [0, 0.05) is 44.8 Å². The first-order valence-corrected chi connectivity index (χ1v) is 9.23. The van der Waals surface area contributed by atoms with E-state index in [1.807, 2.05) is 17.9 Å². The third-order valence-electron chi connectivity index (χ3n) is 5.19. The van der Waals surface area contributed by atoms with Crippen molar-refractivity contribution in [2.24, 2.45) is 0 Å². The molecule has 25 heavy (non-hydrogen) atoms. The molecule has 7 nitrogen and oxygen atoms in total. The number of likely N-dealkylation sites (tertiary alicyclic amines) is 1. The fourth-order valence-electron chi connectivity index (χ4n) is 3.72. The predicted octanol–water partition coefficient (Wildman–Crippen LogP) is 1.47. The van der Waals surface area contributed by atoms with Gasteiger partial charge in [-0.3, -0.25) is 9.59 Å². The first-order valence-electron chi connectivity index (χ1n) is 9.23. The van der Waals surface area contributed by atoms with Crippen LogP contribution in [0.4, 0.5) is 5.82 Å². The molecule has 0 saturated carbocycles. The van der Waals surface area contributed by atoms with Gasteiger partial charge in [0.25, 0.3) is 5.91 Å². The number of hydrogen-bond donors (Lipinski definition) is 0. The van der Waals surface area contributed by atoms with Crippen LogP contribution in [0.5, 0.6) is 0 Å². The molecule has 1 unspecified atom stereocenters. The van der Waals surface area contributed by atoms with Crippen LogP contribution < -0.4 is 4.90 Å². The van der Waals surface area contributed by atoms with Crippen LogP contribution in [0, 0.1) is 6.92 Å². The molecule has 2 amide bonds. The third kappa shape index (κ3) is 3.91. The minimum Gasteiger partial charge on any atom is -0.353 e. The Kier molecular flexibility index (Phi) is 5.50. The quantitative estimate of drug-likeness (QED) is 0.773. The van der Waals surface area contributed by atoms with E-state index in [0.717, 1.165) is 51.1 Å². The van der Waals surface area contributed by atoms with Gasteiger partial charge in [0.2, 0.25) is 6.41 Å². The highest BCUT2D eigenvalue weighted by Gasteiger charge is 2.28. The Hall–Kier alpha value is -2.18. The van der Waals surface area contributed by atoms with E-state index in [0.29, 0.717) is 30.6 Å². The topological polar surface area (TPSA) is 69.6 Å². The number of carbonyl (C=O) groups is 2. The van der Waals surface area contributed by atoms with Crippen molar-refractivity contribution in [3.05, 3.63) is 17.6 Å². The molecule has 0 N–H and O–H groups in total. The number of piperidine rings is 1. The van der Waals surface area contributed by atoms with Crippen LogP contribution in [0.2, 0.25) is 0 Å². The number of rotatable bonds is 4. The van der Waals surface area contributed by atoms with Gasteiger partial charge >= 0.3 is 0 Å². The summed E-state index contributed by atoms with van der Waals surface area (Å²) in [6.07, 6.45) is 5.20. The van der Waals surface area contributed by atoms with Crippen LogP contribution in [-0.2, 0) is 4.79 Å². The monoisotopic (exact) mass is 345 g/mol. The van der Waals surface area contributed by atoms with E-state index < -0.39 is 0 Å². The summed E-state index contributed by atoms with van der Waals surface area (Å²) >= 11 is 0. The number of aromatic nitrogens is 2. The molecular weight excluding hydrogens is 318 g/mol. The molecule has 0 aromatic carbocycles. The molecule has 2 aliphatic heterocycles. The molecule has 7 heteroatoms. The minimum absolute atomic E-state index is 0.0184. The van der Waals surface area contributed by atoms with Gasteiger partial charge in [-0.05, 0) is 32.6 Å². The summed E-state index contributed by atoms with van der Waals surface area (Å²) in [5.41, 5.74) is 0.487. The summed E-state index contributed by atoms with van der Waals surface area (Å²) in [4.78, 5) is 38.7. The highest BCUT2D eigenvalue weighted by atomic mass is 16.2. The minimum atomic E-state index is 0.0184. The van der Waals surface area contributed by atoms with Crippen LogP contribution in [0.1, 0.15) is 48.9 Å². The summed E-state index contributed by atoms with van der Waals surface area (Å²) in [5, 5.41) is 0. The maximum atomic E-state index is 13.0. The Morgan fingerprint density at radius 3 is 2.64 bits per heavy atom. The lowest BCUT2D eigenvalue weighted by Crippen LogP contribution is -2.46. The SMILES string of the molecule is CCC1CCCCN1C(=O)c1cc(N2CCN(C=O)CC2)nc(C)n1. The molecular formula is C18H27N5O2. The number of carbonyl (C=O) groups excluding carboxylic acids is 2. The van der Waals surface area contributed by atoms with Gasteiger partial charge in [0.15, 0.2) is 0 Å². The van der Waals surface area contributed by atoms with E-state index in [1.165, 1.54) is 6.42 Å². The molecule has 1 aromatic heterocycles. The Balaban J connectivity index is 1.79. The van der Waals surface area contributed by atoms with Crippen LogP contribution in [0.15, 0.2) is 6.07 Å². The van der Waals surface area contributed by atoms with E-state index in [1.54, 1.807) is 4.90 Å². The zero-order valence-electron chi connectivity index (χ0n) is 15.1. The Labute approximate surface area is 149 Å². The van der Waals surface area contributed by atoms with E-state index >= 15 is 0 Å². The lowest BCUT2D eigenvalue weighted by atomic mass is 9.99. The van der Waals surface area contributed by atoms with Gasteiger partial charge in [0.05, 0.1) is 0 Å². The summed E-state index contributed by atoms with van der Waals surface area (Å²) in [6.45, 7) is 7.59. The number of piperazine rings is 1. The largest absolute Gasteiger partial charge is 0.353 e. The third-order valence-corrected chi connectivity index (χ3v) is 5.19. The van der Waals surface area contributed by atoms with Crippen molar-refractivity contribution in [1.82, 2.24) is 19.8 Å². The van der Waals surface area contributed by atoms with Crippen molar-refractivity contribution in [2.75, 3.05) is 37.6 Å². The van der Waals surface area contributed by atoms with Gasteiger partial charge in [0.1, 0.15) is 17.3 Å². The molecule has 3 rings (SSSR count). The molecule has 3 heterocycles. The van der Waals surface area contributed by atoms with E-state index in [-0.39, 0.29) is 5.91 Å². The van der Waals surface area contributed by atoms with Gasteiger partial charge in [-0.1, -0.05) is 6.92 Å². The molecule has 1 atom stereocenters. The average Bonchev–Trinajstić information content (AvgIpc) is 2.67. The molecule has 0 radical (unpaired) electrons. The van der Waals surface area contributed by atoms with E-state index in [4.69, 9.17) is 0 Å². The summed E-state index contributed by atoms with van der Waals surface area (Å²) in [5.74, 6) is 1.42. The van der Waals surface area contributed by atoms with Gasteiger partial charge in [-0.2, -0.15) is 0 Å². The summed E-state index contributed by atoms with van der Waals surface area (Å²) in [6, 6.07) is 2.13. The van der Waals surface area contributed by atoms with Gasteiger partial charge in [-0.15, -0.1) is 0 Å². The average molecular weight is 345 g/mol. The molecule has 0 aliphatic carbocycles. The molecule has 136 valence electrons. The molecule has 2 fully saturated rings. The van der Waals surface area contributed by atoms with Crippen LogP contribution in [-0.4, -0.2) is 70.9 Å². The van der Waals surface area contributed by atoms with Crippen LogP contribution >= 0.6 is 0 Å². The number of nitrogens with zero attached hydrogens (tertiary/aromatic N) is 5. The van der Waals surface area contributed by atoms with E-state index in [9.17, 15) is 9.59 Å². The van der Waals surface area contributed by atoms with Crippen LogP contribution in [0.25, 0.3) is 0 Å². The first kappa shape index (κ1) is 17.6. The standard InChI is InChI=1S/C18H27N5O2/c1-3-15-6-4-5-7-23(15)18(25)16-12-17(20-14(2)19-16)22-10-8-21(13-24)9-11-22/h12-13,15H,3-11H2,1-2H3. The number of anilines is 1. The predicted molar refractivity (Wildman–Crippen MR) is 95.6 cm³/mol. The second-order valence-electron chi connectivity index (χ2n) is 6.84. The number of hydrogen-bond acceptors (Lipinski definition) is 5. The smallest absolute Gasteiger partial charge is 0.272 e. The van der Waals surface area contributed by atoms with Gasteiger partial charge < -0.3 is 14.7 Å². The first-order chi connectivity index (χ1) is 12.1. The summed E-state index contributed by atoms with van der Waals surface area (Å²) in [7, 11) is 0. The number of aryl methyl sites for hydroxylation is 1. The molecule has 2 aliphatic rings. The van der Waals surface area contributed by atoms with Crippen molar-refractivity contribution in [2.45, 2.75) is 45.6 Å². The molecule has 0 bridgehead atoms. The van der Waals surface area contributed by atoms with Crippen molar-refractivity contribution in [3.63, 3.8) is 0 Å². The van der Waals surface area contributed by atoms with Crippen molar-refractivity contribution < 1.29 is 9.59 Å².